The van der Waals surface area contributed by atoms with E-state index in [2.05, 4.69) is 21.8 Å². The Kier molecular flexibility index (Phi) is 3.66. The van der Waals surface area contributed by atoms with Crippen LogP contribution in [0.25, 0.3) is 0 Å². The highest BCUT2D eigenvalue weighted by Crippen LogP contribution is 1.80. The summed E-state index contributed by atoms with van der Waals surface area (Å²) >= 11 is 0. The molecule has 0 saturated heterocycles. The van der Waals surface area contributed by atoms with Gasteiger partial charge in [-0.3, -0.25) is 0 Å². The van der Waals surface area contributed by atoms with Gasteiger partial charge in [-0.25, -0.2) is 0 Å². The van der Waals surface area contributed by atoms with Crippen molar-refractivity contribution in [3.05, 3.63) is 12.3 Å². The first-order valence-corrected chi connectivity index (χ1v) is 2.24. The fourth-order valence-corrected chi connectivity index (χ4v) is 0.189. The zero-order valence-corrected chi connectivity index (χ0v) is 5.14. The number of hydrogen-bond acceptors (Lipinski definition) is 3. The number of ether oxygens (including phenoxy) is 1. The molecule has 0 aliphatic rings. The van der Waals surface area contributed by atoms with Crippen LogP contribution in [0.15, 0.2) is 17.4 Å². The standard InChI is InChI=1S/C5H10N2O/c1-5(8-3)4-7-6-2/h4,6H,1H2,2-3H3/b7-4-. The molecule has 0 aromatic heterocycles. The van der Waals surface area contributed by atoms with Crippen LogP contribution >= 0.6 is 0 Å². The van der Waals surface area contributed by atoms with E-state index in [4.69, 9.17) is 0 Å². The summed E-state index contributed by atoms with van der Waals surface area (Å²) in [5.41, 5.74) is 2.56. The topological polar surface area (TPSA) is 33.6 Å². The molecule has 46 valence electrons. The van der Waals surface area contributed by atoms with Crippen LogP contribution in [0.4, 0.5) is 0 Å². The molecule has 3 nitrogen and oxygen atoms in total. The second-order valence-corrected chi connectivity index (χ2v) is 1.15. The average molecular weight is 114 g/mol. The molecule has 0 aliphatic carbocycles. The van der Waals surface area contributed by atoms with E-state index in [9.17, 15) is 0 Å². The molecule has 0 rings (SSSR count). The summed E-state index contributed by atoms with van der Waals surface area (Å²) in [5.74, 6) is 0.541. The lowest BCUT2D eigenvalue weighted by atomic mass is 10.6. The Labute approximate surface area is 49.0 Å². The van der Waals surface area contributed by atoms with E-state index in [1.165, 1.54) is 6.21 Å². The summed E-state index contributed by atoms with van der Waals surface area (Å²) in [6, 6.07) is 0. The molecule has 0 aromatic carbocycles. The van der Waals surface area contributed by atoms with E-state index < -0.39 is 0 Å². The first kappa shape index (κ1) is 7.01. The predicted octanol–water partition coefficient (Wildman–Crippen LogP) is 0.352. The highest BCUT2D eigenvalue weighted by Gasteiger charge is 1.78. The van der Waals surface area contributed by atoms with Crippen molar-refractivity contribution in [1.82, 2.24) is 5.43 Å². The maximum absolute atomic E-state index is 4.67. The third-order valence-corrected chi connectivity index (χ3v) is 0.600. The highest BCUT2D eigenvalue weighted by atomic mass is 16.5. The summed E-state index contributed by atoms with van der Waals surface area (Å²) < 4.78 is 4.67. The number of hydrogen-bond donors (Lipinski definition) is 1. The minimum atomic E-state index is 0.541. The second-order valence-electron chi connectivity index (χ2n) is 1.15. The van der Waals surface area contributed by atoms with Crippen LogP contribution in [0.1, 0.15) is 0 Å². The number of allylic oxidation sites excluding steroid dienone is 1. The molecule has 0 saturated carbocycles. The van der Waals surface area contributed by atoms with Gasteiger partial charge in [0, 0.05) is 7.05 Å². The van der Waals surface area contributed by atoms with Gasteiger partial charge >= 0.3 is 0 Å². The largest absolute Gasteiger partial charge is 0.496 e. The smallest absolute Gasteiger partial charge is 0.131 e. The fourth-order valence-electron chi connectivity index (χ4n) is 0.189. The SMILES string of the molecule is C=C(/C=N\NC)OC. The van der Waals surface area contributed by atoms with Crippen molar-refractivity contribution in [2.24, 2.45) is 5.10 Å². The Morgan fingerprint density at radius 3 is 2.88 bits per heavy atom. The molecule has 3 heteroatoms. The van der Waals surface area contributed by atoms with Crippen LogP contribution in [-0.4, -0.2) is 20.4 Å². The average Bonchev–Trinajstić information content (AvgIpc) is 1.83. The highest BCUT2D eigenvalue weighted by molar-refractivity contribution is 5.74. The third-order valence-electron chi connectivity index (χ3n) is 0.600. The van der Waals surface area contributed by atoms with Crippen molar-refractivity contribution in [2.45, 2.75) is 0 Å². The van der Waals surface area contributed by atoms with Crippen LogP contribution in [0.2, 0.25) is 0 Å². The van der Waals surface area contributed by atoms with Crippen molar-refractivity contribution in [3.63, 3.8) is 0 Å². The van der Waals surface area contributed by atoms with Crippen LogP contribution in [0, 0.1) is 0 Å². The number of nitrogens with zero attached hydrogens (tertiary/aromatic N) is 1. The van der Waals surface area contributed by atoms with Gasteiger partial charge < -0.3 is 10.2 Å². The number of methoxy groups -OCH3 is 1. The maximum atomic E-state index is 4.67. The molecular formula is C5H10N2O. The lowest BCUT2D eigenvalue weighted by Gasteiger charge is -1.92. The maximum Gasteiger partial charge on any atom is 0.131 e. The molecule has 0 radical (unpaired) electrons. The Morgan fingerprint density at radius 1 is 1.88 bits per heavy atom. The van der Waals surface area contributed by atoms with Gasteiger partial charge in [-0.2, -0.15) is 5.10 Å². The van der Waals surface area contributed by atoms with E-state index >= 15 is 0 Å². The molecule has 8 heavy (non-hydrogen) atoms. The van der Waals surface area contributed by atoms with Gasteiger partial charge in [0.05, 0.1) is 13.3 Å². The van der Waals surface area contributed by atoms with Gasteiger partial charge in [0.1, 0.15) is 5.76 Å². The Hall–Kier alpha value is -0.990. The molecule has 0 atom stereocenters. The van der Waals surface area contributed by atoms with Gasteiger partial charge in [0.15, 0.2) is 0 Å². The zero-order chi connectivity index (χ0) is 6.41. The molecule has 1 N–H and O–H groups in total. The first-order valence-electron chi connectivity index (χ1n) is 2.24. The van der Waals surface area contributed by atoms with Crippen LogP contribution < -0.4 is 5.43 Å². The number of rotatable bonds is 3. The van der Waals surface area contributed by atoms with Gasteiger partial charge in [-0.05, 0) is 0 Å². The molecule has 0 fully saturated rings. The van der Waals surface area contributed by atoms with E-state index in [-0.39, 0.29) is 0 Å². The van der Waals surface area contributed by atoms with Crippen molar-refractivity contribution < 1.29 is 4.74 Å². The fraction of sp³-hybridized carbons (Fsp3) is 0.400. The number of nitrogens with one attached hydrogen (secondary N) is 1. The quantitative estimate of drug-likeness (QED) is 0.326. The minimum Gasteiger partial charge on any atom is -0.496 e. The van der Waals surface area contributed by atoms with E-state index in [0.717, 1.165) is 0 Å². The molecule has 0 amide bonds. The van der Waals surface area contributed by atoms with Crippen molar-refractivity contribution in [2.75, 3.05) is 14.2 Å². The first-order chi connectivity index (χ1) is 3.81. The van der Waals surface area contributed by atoms with Crippen molar-refractivity contribution in [1.29, 1.82) is 0 Å². The molecule has 0 spiro atoms. The summed E-state index contributed by atoms with van der Waals surface area (Å²) in [6.07, 6.45) is 1.50. The van der Waals surface area contributed by atoms with Crippen LogP contribution in [0.3, 0.4) is 0 Å². The normalized spacial score (nSPS) is 9.25. The molecule has 0 aromatic rings. The summed E-state index contributed by atoms with van der Waals surface area (Å²) in [5, 5.41) is 3.64. The summed E-state index contributed by atoms with van der Waals surface area (Å²) in [6.45, 7) is 3.50. The summed E-state index contributed by atoms with van der Waals surface area (Å²) in [7, 11) is 3.25. The molecule has 0 bridgehead atoms. The number of hydrazone groups is 1. The van der Waals surface area contributed by atoms with Gasteiger partial charge in [0.25, 0.3) is 0 Å². The van der Waals surface area contributed by atoms with E-state index in [0.29, 0.717) is 5.76 Å². The van der Waals surface area contributed by atoms with E-state index in [1.54, 1.807) is 14.2 Å². The molecule has 0 unspecified atom stereocenters. The van der Waals surface area contributed by atoms with Gasteiger partial charge in [-0.15, -0.1) is 0 Å². The third kappa shape index (κ3) is 3.21. The Bertz CT molecular complexity index is 98.6. The van der Waals surface area contributed by atoms with Crippen molar-refractivity contribution in [3.8, 4) is 0 Å². The zero-order valence-electron chi connectivity index (χ0n) is 5.14. The molecular weight excluding hydrogens is 104 g/mol. The Balaban J connectivity index is 3.37. The predicted molar refractivity (Wildman–Crippen MR) is 33.7 cm³/mol. The van der Waals surface area contributed by atoms with Crippen LogP contribution in [0.5, 0.6) is 0 Å². The van der Waals surface area contributed by atoms with Gasteiger partial charge in [0.2, 0.25) is 0 Å². The van der Waals surface area contributed by atoms with Gasteiger partial charge in [-0.1, -0.05) is 6.58 Å². The lowest BCUT2D eigenvalue weighted by molar-refractivity contribution is 0.319. The summed E-state index contributed by atoms with van der Waals surface area (Å²) in [4.78, 5) is 0. The Morgan fingerprint density at radius 2 is 2.50 bits per heavy atom. The van der Waals surface area contributed by atoms with Crippen molar-refractivity contribution >= 4 is 6.21 Å². The molecule has 0 heterocycles. The van der Waals surface area contributed by atoms with Crippen LogP contribution in [-0.2, 0) is 4.74 Å². The second kappa shape index (κ2) is 4.18. The monoisotopic (exact) mass is 114 g/mol. The minimum absolute atomic E-state index is 0.541. The lowest BCUT2D eigenvalue weighted by Crippen LogP contribution is -1.95. The molecule has 0 aliphatic heterocycles. The van der Waals surface area contributed by atoms with E-state index in [1.807, 2.05) is 0 Å².